The van der Waals surface area contributed by atoms with Crippen molar-refractivity contribution in [1.82, 2.24) is 15.2 Å². The lowest BCUT2D eigenvalue weighted by Gasteiger charge is -2.20. The minimum absolute atomic E-state index is 0.0119. The number of nitrogens with zero attached hydrogens (tertiary/aromatic N) is 3. The fraction of sp³-hybridized carbons (Fsp3) is 0.500. The number of aromatic nitrogens is 2. The molecule has 0 saturated carbocycles. The van der Waals surface area contributed by atoms with E-state index < -0.39 is 17.7 Å². The zero-order valence-electron chi connectivity index (χ0n) is 24.2. The van der Waals surface area contributed by atoms with E-state index >= 15 is 0 Å². The van der Waals surface area contributed by atoms with Crippen molar-refractivity contribution in [3.63, 3.8) is 0 Å². The number of carbonyl (C=O) groups excluding carboxylic acids is 2. The summed E-state index contributed by atoms with van der Waals surface area (Å²) < 4.78 is 44.0. The van der Waals surface area contributed by atoms with Gasteiger partial charge in [0.15, 0.2) is 5.82 Å². The van der Waals surface area contributed by atoms with Crippen LogP contribution in [0.4, 0.5) is 13.2 Å². The van der Waals surface area contributed by atoms with Gasteiger partial charge in [-0.2, -0.15) is 18.2 Å². The van der Waals surface area contributed by atoms with E-state index in [2.05, 4.69) is 17.1 Å². The number of hydroxylamine groups is 2. The normalized spacial score (nSPS) is 11.6. The molecule has 0 unspecified atom stereocenters. The molecule has 3 aromatic rings. The highest BCUT2D eigenvalue weighted by atomic mass is 19.4. The third kappa shape index (κ3) is 12.1. The van der Waals surface area contributed by atoms with E-state index in [0.29, 0.717) is 24.3 Å². The molecule has 0 saturated heterocycles. The van der Waals surface area contributed by atoms with Crippen LogP contribution in [0, 0.1) is 0 Å². The van der Waals surface area contributed by atoms with Crippen molar-refractivity contribution < 1.29 is 32.1 Å². The van der Waals surface area contributed by atoms with Gasteiger partial charge in [0.25, 0.3) is 0 Å². The number of aryl methyl sites for hydroxylation is 3. The summed E-state index contributed by atoms with van der Waals surface area (Å²) in [6.07, 6.45) is 9.15. The molecule has 1 heterocycles. The van der Waals surface area contributed by atoms with E-state index in [9.17, 15) is 22.8 Å². The second kappa shape index (κ2) is 17.4. The lowest BCUT2D eigenvalue weighted by Crippen LogP contribution is -2.27. The van der Waals surface area contributed by atoms with E-state index in [0.717, 1.165) is 41.9 Å². The van der Waals surface area contributed by atoms with E-state index in [1.54, 1.807) is 0 Å². The van der Waals surface area contributed by atoms with E-state index in [1.165, 1.54) is 68.6 Å². The topological polar surface area (TPSA) is 85.5 Å². The summed E-state index contributed by atoms with van der Waals surface area (Å²) in [5.74, 6) is 0.269. The zero-order chi connectivity index (χ0) is 30.2. The summed E-state index contributed by atoms with van der Waals surface area (Å²) in [5.41, 5.74) is 1.57. The van der Waals surface area contributed by atoms with Gasteiger partial charge in [0, 0.05) is 12.8 Å². The average molecular weight is 588 g/mol. The lowest BCUT2D eigenvalue weighted by atomic mass is 10.1. The minimum atomic E-state index is -4.44. The molecule has 3 rings (SSSR count). The molecule has 1 aromatic heterocycles. The second-order valence-electron chi connectivity index (χ2n) is 10.5. The first kappa shape index (κ1) is 33.0. The van der Waals surface area contributed by atoms with Gasteiger partial charge in [0.1, 0.15) is 0 Å². The van der Waals surface area contributed by atoms with Crippen molar-refractivity contribution in [3.8, 4) is 0 Å². The largest absolute Gasteiger partial charge is 0.416 e. The fourth-order valence-corrected chi connectivity index (χ4v) is 4.63. The quantitative estimate of drug-likeness (QED) is 0.0618. The Labute approximate surface area is 245 Å². The maximum atomic E-state index is 12.9. The van der Waals surface area contributed by atoms with Crippen molar-refractivity contribution in [1.29, 1.82) is 0 Å². The van der Waals surface area contributed by atoms with E-state index in [1.807, 2.05) is 24.3 Å². The van der Waals surface area contributed by atoms with Crippen LogP contribution in [-0.2, 0) is 53.0 Å². The molecule has 0 aliphatic heterocycles. The Balaban J connectivity index is 1.43. The van der Waals surface area contributed by atoms with Crippen LogP contribution in [0.1, 0.15) is 98.7 Å². The molecule has 0 N–H and O–H groups in total. The van der Waals surface area contributed by atoms with Crippen molar-refractivity contribution in [2.45, 2.75) is 103 Å². The summed E-state index contributed by atoms with van der Waals surface area (Å²) in [7, 11) is 0. The molecule has 42 heavy (non-hydrogen) atoms. The zero-order valence-corrected chi connectivity index (χ0v) is 24.2. The smallest absolute Gasteiger partial charge is 0.361 e. The first-order chi connectivity index (χ1) is 20.3. The molecule has 0 atom stereocenters. The number of hydrogen-bond acceptors (Lipinski definition) is 7. The third-order valence-electron chi connectivity index (χ3n) is 6.98. The number of aldehydes is 1. The van der Waals surface area contributed by atoms with Crippen LogP contribution in [0.15, 0.2) is 53.1 Å². The highest BCUT2D eigenvalue weighted by molar-refractivity contribution is 6.20. The van der Waals surface area contributed by atoms with Gasteiger partial charge >= 0.3 is 12.1 Å². The van der Waals surface area contributed by atoms with Gasteiger partial charge in [0.05, 0.1) is 18.7 Å². The maximum absolute atomic E-state index is 12.9. The van der Waals surface area contributed by atoms with Crippen LogP contribution in [0.5, 0.6) is 0 Å². The number of carbonyl (C=O) groups is 2. The lowest BCUT2D eigenvalue weighted by molar-refractivity contribution is -0.195. The van der Waals surface area contributed by atoms with E-state index in [4.69, 9.17) is 9.36 Å². The van der Waals surface area contributed by atoms with Gasteiger partial charge in [-0.05, 0) is 41.7 Å². The summed E-state index contributed by atoms with van der Waals surface area (Å²) in [6, 6.07) is 12.2. The predicted molar refractivity (Wildman–Crippen MR) is 152 cm³/mol. The number of hydrogen-bond donors (Lipinski definition) is 0. The predicted octanol–water partition coefficient (Wildman–Crippen LogP) is 7.61. The standard InChI is InChI=1S/C32H40F3N3O4/c1-2-3-4-5-6-7-8-9-10-11-29-36-30(41-37-29)21-18-25-12-14-26(15-13-25)22-38(42-31(40)24-39)23-27-16-19-28(20-17-27)32(33,34)35/h12-17,19-20,24H,2-11,18,21-23H2,1H3. The molecule has 2 aromatic carbocycles. The summed E-state index contributed by atoms with van der Waals surface area (Å²) in [6.45, 7) is 2.39. The summed E-state index contributed by atoms with van der Waals surface area (Å²) >= 11 is 0. The summed E-state index contributed by atoms with van der Waals surface area (Å²) in [5, 5.41) is 5.35. The highest BCUT2D eigenvalue weighted by Gasteiger charge is 2.30. The Hall–Kier alpha value is -3.53. The molecule has 0 amide bonds. The molecule has 7 nitrogen and oxygen atoms in total. The van der Waals surface area contributed by atoms with Crippen LogP contribution in [0.25, 0.3) is 0 Å². The molecule has 0 bridgehead atoms. The Morgan fingerprint density at radius 1 is 0.810 bits per heavy atom. The number of halogens is 3. The van der Waals surface area contributed by atoms with Crippen molar-refractivity contribution in [2.75, 3.05) is 0 Å². The Kier molecular flexibility index (Phi) is 13.7. The minimum Gasteiger partial charge on any atom is -0.361 e. The molecule has 0 aliphatic rings. The Morgan fingerprint density at radius 2 is 1.36 bits per heavy atom. The van der Waals surface area contributed by atoms with Gasteiger partial charge in [-0.1, -0.05) is 99.8 Å². The molecule has 0 radical (unpaired) electrons. The molecule has 228 valence electrons. The number of unbranched alkanes of at least 4 members (excludes halogenated alkanes) is 8. The van der Waals surface area contributed by atoms with Crippen LogP contribution in [0.3, 0.4) is 0 Å². The fourth-order valence-electron chi connectivity index (χ4n) is 4.63. The number of benzene rings is 2. The number of alkyl halides is 3. The van der Waals surface area contributed by atoms with Crippen molar-refractivity contribution in [3.05, 3.63) is 82.5 Å². The SMILES string of the molecule is CCCCCCCCCCCc1noc(CCc2ccc(CN(Cc3ccc(C(F)(F)F)cc3)OC(=O)C=O)cc2)n1. The summed E-state index contributed by atoms with van der Waals surface area (Å²) in [4.78, 5) is 32.0. The van der Waals surface area contributed by atoms with Crippen LogP contribution in [-0.4, -0.2) is 27.5 Å². The molecular weight excluding hydrogens is 547 g/mol. The van der Waals surface area contributed by atoms with Crippen LogP contribution in [0.2, 0.25) is 0 Å². The van der Waals surface area contributed by atoms with Gasteiger partial charge in [-0.25, -0.2) is 4.79 Å². The van der Waals surface area contributed by atoms with Gasteiger partial charge in [-0.3, -0.25) is 4.79 Å². The molecule has 0 spiro atoms. The maximum Gasteiger partial charge on any atom is 0.416 e. The average Bonchev–Trinajstić information content (AvgIpc) is 3.43. The second-order valence-corrected chi connectivity index (χ2v) is 10.5. The Bertz CT molecular complexity index is 1210. The van der Waals surface area contributed by atoms with Gasteiger partial charge in [0.2, 0.25) is 12.2 Å². The molecule has 0 fully saturated rings. The highest BCUT2D eigenvalue weighted by Crippen LogP contribution is 2.29. The third-order valence-corrected chi connectivity index (χ3v) is 6.98. The first-order valence-corrected chi connectivity index (χ1v) is 14.7. The van der Waals surface area contributed by atoms with Crippen molar-refractivity contribution >= 4 is 12.3 Å². The monoisotopic (exact) mass is 587 g/mol. The molecular formula is C32H40F3N3O4. The van der Waals surface area contributed by atoms with Crippen molar-refractivity contribution in [2.24, 2.45) is 0 Å². The Morgan fingerprint density at radius 3 is 1.93 bits per heavy atom. The first-order valence-electron chi connectivity index (χ1n) is 14.7. The van der Waals surface area contributed by atoms with E-state index in [-0.39, 0.29) is 19.4 Å². The molecule has 10 heteroatoms. The van der Waals surface area contributed by atoms with Gasteiger partial charge < -0.3 is 9.36 Å². The number of rotatable bonds is 19. The van der Waals surface area contributed by atoms with Crippen LogP contribution < -0.4 is 0 Å². The molecule has 0 aliphatic carbocycles. The van der Waals surface area contributed by atoms with Gasteiger partial charge in [-0.15, -0.1) is 5.06 Å². The van der Waals surface area contributed by atoms with Crippen LogP contribution >= 0.6 is 0 Å².